The van der Waals surface area contributed by atoms with Crippen molar-refractivity contribution >= 4 is 12.4 Å². The molecule has 0 atom stereocenters. The molecular formula is C8H16ClN. The fraction of sp³-hybridized carbons (Fsp3) is 0.500. The molecular weight excluding hydrogens is 146 g/mol. The SMILES string of the molecule is C=CCC(CC=C)NC.Cl. The van der Waals surface area contributed by atoms with Crippen molar-refractivity contribution in [2.75, 3.05) is 7.05 Å². The largest absolute Gasteiger partial charge is 0.316 e. The summed E-state index contributed by atoms with van der Waals surface area (Å²) in [5.41, 5.74) is 0. The second kappa shape index (κ2) is 8.73. The van der Waals surface area contributed by atoms with Gasteiger partial charge in [0.05, 0.1) is 0 Å². The Morgan fingerprint density at radius 2 is 1.70 bits per heavy atom. The van der Waals surface area contributed by atoms with E-state index in [-0.39, 0.29) is 12.4 Å². The normalized spacial score (nSPS) is 8.60. The number of hydrogen-bond donors (Lipinski definition) is 1. The van der Waals surface area contributed by atoms with Crippen molar-refractivity contribution < 1.29 is 0 Å². The Morgan fingerprint density at radius 1 is 1.30 bits per heavy atom. The summed E-state index contributed by atoms with van der Waals surface area (Å²) in [5, 5.41) is 3.16. The van der Waals surface area contributed by atoms with Gasteiger partial charge >= 0.3 is 0 Å². The summed E-state index contributed by atoms with van der Waals surface area (Å²) < 4.78 is 0. The van der Waals surface area contributed by atoms with Crippen LogP contribution in [0.15, 0.2) is 25.3 Å². The molecule has 0 aromatic rings. The van der Waals surface area contributed by atoms with Crippen LogP contribution < -0.4 is 5.32 Å². The highest BCUT2D eigenvalue weighted by molar-refractivity contribution is 5.85. The summed E-state index contributed by atoms with van der Waals surface area (Å²) in [6.07, 6.45) is 5.88. The molecule has 0 fully saturated rings. The van der Waals surface area contributed by atoms with Crippen LogP contribution in [0.2, 0.25) is 0 Å². The highest BCUT2D eigenvalue weighted by atomic mass is 35.5. The average Bonchev–Trinajstić information content (AvgIpc) is 1.88. The van der Waals surface area contributed by atoms with Gasteiger partial charge in [-0.15, -0.1) is 25.6 Å². The van der Waals surface area contributed by atoms with Gasteiger partial charge in [0.2, 0.25) is 0 Å². The van der Waals surface area contributed by atoms with E-state index in [1.807, 2.05) is 19.2 Å². The minimum Gasteiger partial charge on any atom is -0.316 e. The second-order valence-corrected chi connectivity index (χ2v) is 2.03. The Morgan fingerprint density at radius 3 is 1.90 bits per heavy atom. The van der Waals surface area contributed by atoms with Gasteiger partial charge in [0.1, 0.15) is 0 Å². The predicted octanol–water partition coefficient (Wildman–Crippen LogP) is 2.15. The summed E-state index contributed by atoms with van der Waals surface area (Å²) >= 11 is 0. The van der Waals surface area contributed by atoms with Crippen molar-refractivity contribution in [1.82, 2.24) is 5.32 Å². The quantitative estimate of drug-likeness (QED) is 0.610. The molecule has 0 heterocycles. The van der Waals surface area contributed by atoms with Crippen molar-refractivity contribution in [1.29, 1.82) is 0 Å². The molecule has 0 amide bonds. The summed E-state index contributed by atoms with van der Waals surface area (Å²) in [6.45, 7) is 7.31. The molecule has 0 bridgehead atoms. The van der Waals surface area contributed by atoms with Gasteiger partial charge in [-0.25, -0.2) is 0 Å². The first kappa shape index (κ1) is 12.4. The second-order valence-electron chi connectivity index (χ2n) is 2.03. The van der Waals surface area contributed by atoms with E-state index in [2.05, 4.69) is 18.5 Å². The number of hydrogen-bond acceptors (Lipinski definition) is 1. The molecule has 0 saturated carbocycles. The minimum atomic E-state index is 0. The molecule has 0 aliphatic heterocycles. The Labute approximate surface area is 69.6 Å². The topological polar surface area (TPSA) is 12.0 Å². The highest BCUT2D eigenvalue weighted by Crippen LogP contribution is 1.97. The van der Waals surface area contributed by atoms with E-state index in [1.54, 1.807) is 0 Å². The third-order valence-electron chi connectivity index (χ3n) is 1.31. The fourth-order valence-corrected chi connectivity index (χ4v) is 0.734. The first-order chi connectivity index (χ1) is 4.35. The van der Waals surface area contributed by atoms with Crippen molar-refractivity contribution in [2.45, 2.75) is 18.9 Å². The van der Waals surface area contributed by atoms with Crippen LogP contribution in [0.25, 0.3) is 0 Å². The molecule has 0 aliphatic rings. The van der Waals surface area contributed by atoms with E-state index in [9.17, 15) is 0 Å². The van der Waals surface area contributed by atoms with E-state index in [0.29, 0.717) is 6.04 Å². The van der Waals surface area contributed by atoms with Gasteiger partial charge in [-0.1, -0.05) is 12.2 Å². The number of halogens is 1. The van der Waals surface area contributed by atoms with Crippen molar-refractivity contribution in [3.05, 3.63) is 25.3 Å². The molecule has 0 radical (unpaired) electrons. The minimum absolute atomic E-state index is 0. The van der Waals surface area contributed by atoms with Gasteiger partial charge in [-0.3, -0.25) is 0 Å². The van der Waals surface area contributed by atoms with Crippen LogP contribution in [-0.4, -0.2) is 13.1 Å². The molecule has 2 heteroatoms. The van der Waals surface area contributed by atoms with E-state index in [0.717, 1.165) is 12.8 Å². The Bertz CT molecular complexity index is 81.3. The summed E-state index contributed by atoms with van der Waals surface area (Å²) in [5.74, 6) is 0. The highest BCUT2D eigenvalue weighted by Gasteiger charge is 1.97. The molecule has 0 saturated heterocycles. The lowest BCUT2D eigenvalue weighted by atomic mass is 10.1. The standard InChI is InChI=1S/C8H15N.ClH/c1-4-6-8(9-3)7-5-2;/h4-5,8-9H,1-2,6-7H2,3H3;1H. The van der Waals surface area contributed by atoms with Crippen molar-refractivity contribution in [3.63, 3.8) is 0 Å². The zero-order valence-corrected chi connectivity index (χ0v) is 7.29. The number of nitrogens with one attached hydrogen (secondary N) is 1. The zero-order chi connectivity index (χ0) is 7.11. The molecule has 60 valence electrons. The Kier molecular flexibility index (Phi) is 10.8. The summed E-state index contributed by atoms with van der Waals surface area (Å²) in [6, 6.07) is 0.528. The van der Waals surface area contributed by atoms with Crippen molar-refractivity contribution in [3.8, 4) is 0 Å². The smallest absolute Gasteiger partial charge is 0.0133 e. The summed E-state index contributed by atoms with van der Waals surface area (Å²) in [7, 11) is 1.96. The molecule has 0 aliphatic carbocycles. The average molecular weight is 162 g/mol. The van der Waals surface area contributed by atoms with Crippen LogP contribution >= 0.6 is 12.4 Å². The lowest BCUT2D eigenvalue weighted by Crippen LogP contribution is -2.23. The van der Waals surface area contributed by atoms with E-state index in [1.165, 1.54) is 0 Å². The molecule has 0 spiro atoms. The molecule has 0 aromatic carbocycles. The maximum atomic E-state index is 3.66. The lowest BCUT2D eigenvalue weighted by Gasteiger charge is -2.09. The van der Waals surface area contributed by atoms with E-state index >= 15 is 0 Å². The van der Waals surface area contributed by atoms with Gasteiger partial charge in [-0.05, 0) is 19.9 Å². The van der Waals surface area contributed by atoms with Crippen LogP contribution in [0.4, 0.5) is 0 Å². The first-order valence-electron chi connectivity index (χ1n) is 3.24. The van der Waals surface area contributed by atoms with E-state index in [4.69, 9.17) is 0 Å². The maximum Gasteiger partial charge on any atom is 0.0133 e. The molecule has 0 rings (SSSR count). The fourth-order valence-electron chi connectivity index (χ4n) is 0.734. The van der Waals surface area contributed by atoms with Gasteiger partial charge in [0.15, 0.2) is 0 Å². The molecule has 10 heavy (non-hydrogen) atoms. The van der Waals surface area contributed by atoms with Crippen LogP contribution in [0.3, 0.4) is 0 Å². The number of rotatable bonds is 5. The lowest BCUT2D eigenvalue weighted by molar-refractivity contribution is 0.577. The molecule has 1 nitrogen and oxygen atoms in total. The molecule has 0 aromatic heterocycles. The first-order valence-corrected chi connectivity index (χ1v) is 3.24. The zero-order valence-electron chi connectivity index (χ0n) is 6.47. The van der Waals surface area contributed by atoms with Crippen molar-refractivity contribution in [2.24, 2.45) is 0 Å². The maximum absolute atomic E-state index is 3.66. The third kappa shape index (κ3) is 5.86. The van der Waals surface area contributed by atoms with Crippen LogP contribution in [0.5, 0.6) is 0 Å². The molecule has 0 unspecified atom stereocenters. The van der Waals surface area contributed by atoms with E-state index < -0.39 is 0 Å². The van der Waals surface area contributed by atoms with Crippen LogP contribution in [0.1, 0.15) is 12.8 Å². The third-order valence-corrected chi connectivity index (χ3v) is 1.31. The van der Waals surface area contributed by atoms with Gasteiger partial charge in [0.25, 0.3) is 0 Å². The van der Waals surface area contributed by atoms with Crippen LogP contribution in [0, 0.1) is 0 Å². The van der Waals surface area contributed by atoms with Gasteiger partial charge in [-0.2, -0.15) is 0 Å². The monoisotopic (exact) mass is 161 g/mol. The predicted molar refractivity (Wildman–Crippen MR) is 49.7 cm³/mol. The van der Waals surface area contributed by atoms with Gasteiger partial charge in [0, 0.05) is 6.04 Å². The Hall–Kier alpha value is -0.270. The Balaban J connectivity index is 0. The molecule has 1 N–H and O–H groups in total. The summed E-state index contributed by atoms with van der Waals surface area (Å²) in [4.78, 5) is 0. The van der Waals surface area contributed by atoms with Crippen LogP contribution in [-0.2, 0) is 0 Å². The van der Waals surface area contributed by atoms with Gasteiger partial charge < -0.3 is 5.32 Å².